The number of imidazole rings is 1. The van der Waals surface area contributed by atoms with E-state index in [0.29, 0.717) is 31.6 Å². The van der Waals surface area contributed by atoms with Crippen molar-refractivity contribution < 1.29 is 19.2 Å². The summed E-state index contributed by atoms with van der Waals surface area (Å²) in [6.07, 6.45) is 9.26. The zero-order chi connectivity index (χ0) is 38.9. The lowest BCUT2D eigenvalue weighted by Gasteiger charge is -2.30. The van der Waals surface area contributed by atoms with Crippen molar-refractivity contribution in [2.75, 3.05) is 13.1 Å². The van der Waals surface area contributed by atoms with E-state index in [1.54, 1.807) is 26.3 Å². The number of amides is 4. The molecule has 2 aromatic carbocycles. The number of hydrogen-bond acceptors (Lipinski definition) is 7. The van der Waals surface area contributed by atoms with E-state index in [0.717, 1.165) is 59.5 Å². The quantitative estimate of drug-likeness (QED) is 0.152. The highest BCUT2D eigenvalue weighted by atomic mass is 16.2. The molecule has 5 N–H and O–H groups in total. The van der Waals surface area contributed by atoms with Crippen molar-refractivity contribution in [3.8, 4) is 22.4 Å². The molecule has 2 aliphatic heterocycles. The molecule has 54 heavy (non-hydrogen) atoms. The molecule has 12 nitrogen and oxygen atoms in total. The molecular weight excluding hydrogens is 681 g/mol. The van der Waals surface area contributed by atoms with Gasteiger partial charge in [0.2, 0.25) is 23.6 Å². The molecule has 3 aromatic rings. The van der Waals surface area contributed by atoms with Gasteiger partial charge in [0, 0.05) is 32.1 Å². The fraction of sp³-hybridized carbons (Fsp3) is 0.476. The lowest BCUT2D eigenvalue weighted by Crippen LogP contribution is -2.52. The van der Waals surface area contributed by atoms with Crippen molar-refractivity contribution in [1.82, 2.24) is 30.4 Å². The second kappa shape index (κ2) is 18.2. The van der Waals surface area contributed by atoms with Crippen LogP contribution in [0.3, 0.4) is 0 Å². The lowest BCUT2D eigenvalue weighted by atomic mass is 10.0. The summed E-state index contributed by atoms with van der Waals surface area (Å²) < 4.78 is 0. The monoisotopic (exact) mass is 736 g/mol. The van der Waals surface area contributed by atoms with Crippen molar-refractivity contribution >= 4 is 35.5 Å². The molecule has 0 radical (unpaired) electrons. The Morgan fingerprint density at radius 3 is 1.91 bits per heavy atom. The average molecular weight is 737 g/mol. The van der Waals surface area contributed by atoms with E-state index in [9.17, 15) is 19.2 Å². The molecule has 2 fully saturated rings. The van der Waals surface area contributed by atoms with Crippen LogP contribution in [0.5, 0.6) is 0 Å². The number of aromatic nitrogens is 2. The number of carbonyl (C=O) groups excluding carboxylic acids is 4. The van der Waals surface area contributed by atoms with Crippen LogP contribution in [-0.2, 0) is 19.2 Å². The van der Waals surface area contributed by atoms with Gasteiger partial charge in [0.05, 0.1) is 35.9 Å². The van der Waals surface area contributed by atoms with E-state index in [4.69, 9.17) is 5.73 Å². The Kier molecular flexibility index (Phi) is 13.4. The number of likely N-dealkylation sites (tertiary alicyclic amines) is 2. The van der Waals surface area contributed by atoms with Gasteiger partial charge in [-0.25, -0.2) is 4.98 Å². The zero-order valence-electron chi connectivity index (χ0n) is 32.5. The van der Waals surface area contributed by atoms with Gasteiger partial charge in [-0.05, 0) is 59.8 Å². The van der Waals surface area contributed by atoms with Gasteiger partial charge >= 0.3 is 0 Å². The van der Waals surface area contributed by atoms with Gasteiger partial charge in [0.1, 0.15) is 17.9 Å². The van der Waals surface area contributed by atoms with Crippen molar-refractivity contribution in [2.24, 2.45) is 22.6 Å². The number of nitrogens with two attached hydrogens (primary N) is 1. The number of aromatic amines is 1. The third kappa shape index (κ3) is 9.45. The number of nitrogens with one attached hydrogen (secondary N) is 3. The van der Waals surface area contributed by atoms with Crippen LogP contribution >= 0.6 is 0 Å². The Morgan fingerprint density at radius 2 is 1.33 bits per heavy atom. The van der Waals surface area contributed by atoms with Crippen LogP contribution in [0.15, 0.2) is 65.9 Å². The Bertz CT molecular complexity index is 1830. The van der Waals surface area contributed by atoms with Crippen molar-refractivity contribution in [3.63, 3.8) is 0 Å². The highest BCUT2D eigenvalue weighted by molar-refractivity contribution is 5.90. The number of benzene rings is 2. The minimum Gasteiger partial charge on any atom is -0.397 e. The van der Waals surface area contributed by atoms with Crippen LogP contribution in [0.25, 0.3) is 28.1 Å². The van der Waals surface area contributed by atoms with Crippen LogP contribution in [0.2, 0.25) is 0 Å². The summed E-state index contributed by atoms with van der Waals surface area (Å²) >= 11 is 0. The first-order chi connectivity index (χ1) is 25.9. The topological polar surface area (TPSA) is 166 Å². The molecule has 0 spiro atoms. The molecule has 0 bridgehead atoms. The van der Waals surface area contributed by atoms with Gasteiger partial charge in [0.15, 0.2) is 0 Å². The predicted molar refractivity (Wildman–Crippen MR) is 213 cm³/mol. The summed E-state index contributed by atoms with van der Waals surface area (Å²) in [5.41, 5.74) is 11.7. The van der Waals surface area contributed by atoms with Gasteiger partial charge < -0.3 is 31.2 Å². The van der Waals surface area contributed by atoms with Gasteiger partial charge in [0.25, 0.3) is 0 Å². The van der Waals surface area contributed by atoms with Crippen LogP contribution in [0.1, 0.15) is 97.5 Å². The minimum absolute atomic E-state index is 0.0215. The Morgan fingerprint density at radius 1 is 0.815 bits per heavy atom. The normalized spacial score (nSPS) is 18.8. The van der Waals surface area contributed by atoms with E-state index >= 15 is 0 Å². The van der Waals surface area contributed by atoms with Crippen LogP contribution in [0, 0.1) is 11.8 Å². The summed E-state index contributed by atoms with van der Waals surface area (Å²) in [5, 5.41) is 5.79. The van der Waals surface area contributed by atoms with Crippen LogP contribution in [0.4, 0.5) is 0 Å². The molecule has 0 aliphatic carbocycles. The predicted octanol–water partition coefficient (Wildman–Crippen LogP) is 5.83. The fourth-order valence-corrected chi connectivity index (χ4v) is 7.12. The summed E-state index contributed by atoms with van der Waals surface area (Å²) in [7, 11) is 0. The smallest absolute Gasteiger partial charge is 0.246 e. The second-order valence-electron chi connectivity index (χ2n) is 14.9. The van der Waals surface area contributed by atoms with E-state index in [2.05, 4.69) is 37.7 Å². The molecular formula is C42H56N8O4. The molecule has 288 valence electrons. The fourth-order valence-electron chi connectivity index (χ4n) is 7.12. The maximum Gasteiger partial charge on any atom is 0.246 e. The summed E-state index contributed by atoms with van der Waals surface area (Å²) in [4.78, 5) is 67.4. The number of aliphatic imine (C=N–C) groups is 1. The largest absolute Gasteiger partial charge is 0.397 e. The molecule has 1 aromatic heterocycles. The van der Waals surface area contributed by atoms with Crippen molar-refractivity contribution in [3.05, 3.63) is 72.3 Å². The van der Waals surface area contributed by atoms with Gasteiger partial charge in [-0.1, -0.05) is 90.1 Å². The second-order valence-corrected chi connectivity index (χ2v) is 14.9. The number of carbonyl (C=O) groups is 4. The Labute approximate surface area is 319 Å². The average Bonchev–Trinajstić information content (AvgIpc) is 3.97. The van der Waals surface area contributed by atoms with E-state index in [-0.39, 0.29) is 47.5 Å². The first-order valence-electron chi connectivity index (χ1n) is 19.4. The Hall–Kier alpha value is -5.26. The Balaban J connectivity index is 1.20. The maximum absolute atomic E-state index is 13.6. The van der Waals surface area contributed by atoms with Gasteiger partial charge in [-0.15, -0.1) is 0 Å². The number of rotatable bonds is 14. The molecule has 3 heterocycles. The van der Waals surface area contributed by atoms with Crippen molar-refractivity contribution in [1.29, 1.82) is 0 Å². The molecule has 0 saturated carbocycles. The summed E-state index contributed by atoms with van der Waals surface area (Å²) in [6.45, 7) is 12.6. The van der Waals surface area contributed by atoms with E-state index in [1.807, 2.05) is 80.1 Å². The maximum atomic E-state index is 13.6. The number of H-pyrrole nitrogens is 1. The standard InChI is InChI=1S/C42H56N8O4/c1-7-36(51)47-38(26(3)4)41(53)49-21-9-11-32(49)23-44-24-33(43)30-17-13-28(14-18-30)29-15-19-31(20-16-29)34-25-45-40(46-34)35-12-10-22-50(35)42(54)39(27(5)6)48-37(52)8-2/h13-20,23-27,32,35,38-39H,7-12,21-22,43H2,1-6H3,(H,45,46)(H,47,51)(H,48,52)/b33-24-,44-23+/t32?,35?,38-,39-/m0/s1. The molecule has 12 heteroatoms. The first-order valence-corrected chi connectivity index (χ1v) is 19.4. The SMILES string of the molecule is CCC(=O)N[C@H](C(=O)N1CCCC1/C=N/C=C(\N)c1ccc(-c2ccc(-c3cnc(C4CCCN4C(=O)[C@@H](NC(=O)CC)C(C)C)[nH]3)cc2)cc1)C(C)C. The highest BCUT2D eigenvalue weighted by Gasteiger charge is 2.37. The minimum atomic E-state index is -0.562. The lowest BCUT2D eigenvalue weighted by molar-refractivity contribution is -0.138. The van der Waals surface area contributed by atoms with Crippen molar-refractivity contribution in [2.45, 2.75) is 104 Å². The van der Waals surface area contributed by atoms with Crippen LogP contribution < -0.4 is 16.4 Å². The number of hydrogen-bond donors (Lipinski definition) is 4. The summed E-state index contributed by atoms with van der Waals surface area (Å²) in [5.74, 6) is 0.312. The summed E-state index contributed by atoms with van der Waals surface area (Å²) in [6, 6.07) is 14.8. The molecule has 4 amide bonds. The van der Waals surface area contributed by atoms with Crippen LogP contribution in [-0.4, -0.2) is 80.8 Å². The van der Waals surface area contributed by atoms with Gasteiger partial charge in [-0.3, -0.25) is 24.2 Å². The third-order valence-corrected chi connectivity index (χ3v) is 10.4. The first kappa shape index (κ1) is 39.9. The molecule has 5 rings (SSSR count). The highest BCUT2D eigenvalue weighted by Crippen LogP contribution is 2.33. The number of nitrogens with zero attached hydrogens (tertiary/aromatic N) is 4. The third-order valence-electron chi connectivity index (χ3n) is 10.4. The molecule has 2 saturated heterocycles. The van der Waals surface area contributed by atoms with E-state index in [1.165, 1.54) is 0 Å². The molecule has 2 unspecified atom stereocenters. The molecule has 2 aliphatic rings. The zero-order valence-corrected chi connectivity index (χ0v) is 32.5. The van der Waals surface area contributed by atoms with Gasteiger partial charge in [-0.2, -0.15) is 0 Å². The van der Waals surface area contributed by atoms with E-state index < -0.39 is 12.1 Å². The molecule has 4 atom stereocenters.